The van der Waals surface area contributed by atoms with Crippen molar-refractivity contribution < 1.29 is 23.9 Å². The van der Waals surface area contributed by atoms with Gasteiger partial charge in [0.2, 0.25) is 0 Å². The zero-order chi connectivity index (χ0) is 28.3. The summed E-state index contributed by atoms with van der Waals surface area (Å²) >= 11 is 16.5. The monoisotopic (exact) mass is 648 g/mol. The van der Waals surface area contributed by atoms with Crippen LogP contribution in [0.25, 0.3) is 6.08 Å². The Morgan fingerprint density at radius 2 is 1.82 bits per heavy atom. The van der Waals surface area contributed by atoms with E-state index in [4.69, 9.17) is 32.7 Å². The number of halogens is 3. The van der Waals surface area contributed by atoms with Crippen LogP contribution in [0.2, 0.25) is 10.0 Å². The van der Waals surface area contributed by atoms with Gasteiger partial charge in [0.05, 0.1) is 18.6 Å². The van der Waals surface area contributed by atoms with Gasteiger partial charge in [-0.3, -0.25) is 19.3 Å². The summed E-state index contributed by atoms with van der Waals surface area (Å²) in [5.41, 5.74) is 3.94. The lowest BCUT2D eigenvalue weighted by molar-refractivity contribution is -0.123. The molecule has 1 fully saturated rings. The lowest BCUT2D eigenvalue weighted by atomic mass is 10.1. The Morgan fingerprint density at radius 3 is 2.54 bits per heavy atom. The minimum Gasteiger partial charge on any atom is -0.493 e. The fourth-order valence-corrected chi connectivity index (χ4v) is 5.49. The summed E-state index contributed by atoms with van der Waals surface area (Å²) in [6.07, 6.45) is 1.60. The molecular weight excluding hydrogens is 627 g/mol. The summed E-state index contributed by atoms with van der Waals surface area (Å²) < 4.78 is 12.1. The van der Waals surface area contributed by atoms with E-state index in [2.05, 4.69) is 21.2 Å². The lowest BCUT2D eigenvalue weighted by Gasteiger charge is -2.14. The molecule has 0 bridgehead atoms. The normalized spacial score (nSPS) is 14.2. The number of nitrogens with zero attached hydrogens (tertiary/aromatic N) is 1. The van der Waals surface area contributed by atoms with Gasteiger partial charge in [-0.05, 0) is 90.3 Å². The molecule has 0 unspecified atom stereocenters. The predicted octanol–water partition coefficient (Wildman–Crippen LogP) is 7.64. The number of benzene rings is 3. The molecule has 202 valence electrons. The summed E-state index contributed by atoms with van der Waals surface area (Å²) in [5.74, 6) is -0.00995. The highest BCUT2D eigenvalue weighted by molar-refractivity contribution is 9.10. The highest BCUT2D eigenvalue weighted by Crippen LogP contribution is 2.36. The van der Waals surface area contributed by atoms with Gasteiger partial charge in [-0.2, -0.15) is 0 Å². The second-order valence-electron chi connectivity index (χ2n) is 8.60. The number of ether oxygens (including phenoxy) is 2. The van der Waals surface area contributed by atoms with Crippen LogP contribution in [0.3, 0.4) is 0 Å². The maximum Gasteiger partial charge on any atom is 0.293 e. The van der Waals surface area contributed by atoms with Gasteiger partial charge in [-0.1, -0.05) is 51.3 Å². The van der Waals surface area contributed by atoms with Crippen LogP contribution in [0.1, 0.15) is 22.3 Å². The van der Waals surface area contributed by atoms with Gasteiger partial charge in [-0.15, -0.1) is 0 Å². The van der Waals surface area contributed by atoms with Crippen molar-refractivity contribution in [1.29, 1.82) is 0 Å². The molecule has 11 heteroatoms. The van der Waals surface area contributed by atoms with E-state index < -0.39 is 11.1 Å². The van der Waals surface area contributed by atoms with Crippen molar-refractivity contribution in [3.8, 4) is 11.5 Å². The average molecular weight is 650 g/mol. The SMILES string of the molecule is COc1cc(/C=C2\SC(=O)N(Cc3ccc(Cl)cc3Cl)C2=O)ccc1OCC(=O)Nc1ccc(Br)c(C)c1C. The summed E-state index contributed by atoms with van der Waals surface area (Å²) in [5, 5.41) is 3.30. The maximum atomic E-state index is 13.0. The van der Waals surface area contributed by atoms with Crippen molar-refractivity contribution >= 4 is 79.7 Å². The van der Waals surface area contributed by atoms with Crippen LogP contribution in [0.4, 0.5) is 10.5 Å². The van der Waals surface area contributed by atoms with Crippen molar-refractivity contribution in [2.45, 2.75) is 20.4 Å². The topological polar surface area (TPSA) is 84.9 Å². The highest BCUT2D eigenvalue weighted by Gasteiger charge is 2.35. The third-order valence-electron chi connectivity index (χ3n) is 6.06. The number of carbonyl (C=O) groups excluding carboxylic acids is 3. The van der Waals surface area contributed by atoms with E-state index in [-0.39, 0.29) is 24.0 Å². The molecule has 3 aromatic rings. The molecule has 3 aromatic carbocycles. The largest absolute Gasteiger partial charge is 0.493 e. The van der Waals surface area contributed by atoms with Gasteiger partial charge < -0.3 is 14.8 Å². The first-order valence-corrected chi connectivity index (χ1v) is 14.0. The van der Waals surface area contributed by atoms with Crippen LogP contribution in [0.5, 0.6) is 11.5 Å². The zero-order valence-corrected chi connectivity index (χ0v) is 25.1. The van der Waals surface area contributed by atoms with E-state index in [1.807, 2.05) is 26.0 Å². The van der Waals surface area contributed by atoms with Crippen LogP contribution in [-0.4, -0.2) is 35.7 Å². The fraction of sp³-hybridized carbons (Fsp3) is 0.179. The molecule has 7 nitrogen and oxygen atoms in total. The highest BCUT2D eigenvalue weighted by atomic mass is 79.9. The number of hydrogen-bond donors (Lipinski definition) is 1. The van der Waals surface area contributed by atoms with Crippen LogP contribution in [0.15, 0.2) is 57.9 Å². The Bertz CT molecular complexity index is 1510. The molecule has 0 aliphatic carbocycles. The first kappa shape index (κ1) is 29.0. The Morgan fingerprint density at radius 1 is 1.05 bits per heavy atom. The standard InChI is InChI=1S/C28H23BrCl2N2O5S/c1-15-16(2)22(8-7-20(15)29)32-26(34)14-38-23-9-4-17(10-24(23)37-3)11-25-27(35)33(28(36)39-25)13-18-5-6-19(30)12-21(18)31/h4-12H,13-14H2,1-3H3,(H,32,34)/b25-11-. The van der Waals surface area contributed by atoms with E-state index in [9.17, 15) is 14.4 Å². The molecule has 0 radical (unpaired) electrons. The summed E-state index contributed by atoms with van der Waals surface area (Å²) in [6, 6.07) is 13.6. The molecule has 0 saturated carbocycles. The van der Waals surface area contributed by atoms with E-state index in [1.54, 1.807) is 42.5 Å². The molecule has 0 atom stereocenters. The van der Waals surface area contributed by atoms with Crippen LogP contribution >= 0.6 is 50.9 Å². The van der Waals surface area contributed by atoms with E-state index in [0.29, 0.717) is 38.4 Å². The van der Waals surface area contributed by atoms with E-state index in [1.165, 1.54) is 7.11 Å². The first-order chi connectivity index (χ1) is 18.6. The Labute approximate surface area is 248 Å². The molecule has 1 aliphatic heterocycles. The third kappa shape index (κ3) is 6.78. The van der Waals surface area contributed by atoms with Gasteiger partial charge in [0.1, 0.15) is 0 Å². The molecule has 0 aromatic heterocycles. The number of methoxy groups -OCH3 is 1. The van der Waals surface area contributed by atoms with Crippen LogP contribution in [-0.2, 0) is 16.1 Å². The molecule has 1 heterocycles. The van der Waals surface area contributed by atoms with E-state index >= 15 is 0 Å². The number of thioether (sulfide) groups is 1. The van der Waals surface area contributed by atoms with Crippen LogP contribution < -0.4 is 14.8 Å². The number of imide groups is 1. The van der Waals surface area contributed by atoms with Gasteiger partial charge in [-0.25, -0.2) is 0 Å². The van der Waals surface area contributed by atoms with Crippen molar-refractivity contribution in [1.82, 2.24) is 4.90 Å². The van der Waals surface area contributed by atoms with Gasteiger partial charge in [0, 0.05) is 20.2 Å². The minimum absolute atomic E-state index is 0.0372. The van der Waals surface area contributed by atoms with Gasteiger partial charge in [0.25, 0.3) is 17.1 Å². The Kier molecular flexibility index (Phi) is 9.27. The van der Waals surface area contributed by atoms with Crippen molar-refractivity contribution in [3.05, 3.63) is 90.2 Å². The number of anilines is 1. The summed E-state index contributed by atoms with van der Waals surface area (Å²) in [7, 11) is 1.48. The Hall–Kier alpha value is -2.98. The second-order valence-corrected chi connectivity index (χ2v) is 11.3. The van der Waals surface area contributed by atoms with Gasteiger partial charge >= 0.3 is 0 Å². The molecule has 0 spiro atoms. The molecular formula is C28H23BrCl2N2O5S. The van der Waals surface area contributed by atoms with Crippen molar-refractivity contribution in [2.75, 3.05) is 19.0 Å². The fourth-order valence-electron chi connectivity index (χ4n) is 3.75. The minimum atomic E-state index is -0.426. The summed E-state index contributed by atoms with van der Waals surface area (Å²) in [4.78, 5) is 39.4. The number of hydrogen-bond acceptors (Lipinski definition) is 6. The van der Waals surface area contributed by atoms with Crippen molar-refractivity contribution in [3.63, 3.8) is 0 Å². The predicted molar refractivity (Wildman–Crippen MR) is 159 cm³/mol. The molecule has 1 saturated heterocycles. The average Bonchev–Trinajstić information content (AvgIpc) is 3.16. The maximum absolute atomic E-state index is 13.0. The lowest BCUT2D eigenvalue weighted by Crippen LogP contribution is -2.27. The number of rotatable bonds is 8. The van der Waals surface area contributed by atoms with Crippen LogP contribution in [0, 0.1) is 13.8 Å². The molecule has 39 heavy (non-hydrogen) atoms. The third-order valence-corrected chi connectivity index (χ3v) is 8.41. The zero-order valence-electron chi connectivity index (χ0n) is 21.1. The Balaban J connectivity index is 1.43. The van der Waals surface area contributed by atoms with Crippen molar-refractivity contribution in [2.24, 2.45) is 0 Å². The number of nitrogens with one attached hydrogen (secondary N) is 1. The number of amides is 3. The molecule has 1 aliphatic rings. The molecule has 1 N–H and O–H groups in total. The molecule has 4 rings (SSSR count). The summed E-state index contributed by atoms with van der Waals surface area (Å²) in [6.45, 7) is 3.71. The number of carbonyl (C=O) groups is 3. The quantitative estimate of drug-likeness (QED) is 0.253. The molecule has 3 amide bonds. The smallest absolute Gasteiger partial charge is 0.293 e. The second kappa shape index (κ2) is 12.5. The van der Waals surface area contributed by atoms with E-state index in [0.717, 1.165) is 32.3 Å². The first-order valence-electron chi connectivity index (χ1n) is 11.6. The van der Waals surface area contributed by atoms with Gasteiger partial charge in [0.15, 0.2) is 18.1 Å².